The Kier molecular flexibility index (Phi) is 3.76. The molecule has 0 aliphatic carbocycles. The van der Waals surface area contributed by atoms with Gasteiger partial charge in [0, 0.05) is 11.3 Å². The van der Waals surface area contributed by atoms with Gasteiger partial charge in [0.15, 0.2) is 0 Å². The summed E-state index contributed by atoms with van der Waals surface area (Å²) in [5, 5.41) is 4.10. The summed E-state index contributed by atoms with van der Waals surface area (Å²) in [6.45, 7) is 2.16. The fraction of sp³-hybridized carbons (Fsp3) is 0.222. The molecule has 0 saturated heterocycles. The van der Waals surface area contributed by atoms with Crippen molar-refractivity contribution < 1.29 is 8.81 Å². The van der Waals surface area contributed by atoms with Crippen LogP contribution in [0.15, 0.2) is 59.0 Å². The lowest BCUT2D eigenvalue weighted by Gasteiger charge is -2.22. The Hall–Kier alpha value is -2.13. The third-order valence-corrected chi connectivity index (χ3v) is 3.94. The van der Waals surface area contributed by atoms with Gasteiger partial charge in [0.1, 0.15) is 17.2 Å². The lowest BCUT2D eigenvalue weighted by atomic mass is 9.92. The maximum absolute atomic E-state index is 13.3. The summed E-state index contributed by atoms with van der Waals surface area (Å²) in [6.07, 6.45) is 0. The van der Waals surface area contributed by atoms with Crippen molar-refractivity contribution in [2.75, 3.05) is 7.05 Å². The van der Waals surface area contributed by atoms with Crippen molar-refractivity contribution in [3.05, 3.63) is 71.7 Å². The van der Waals surface area contributed by atoms with Gasteiger partial charge in [-0.15, -0.1) is 0 Å². The Morgan fingerprint density at radius 2 is 1.81 bits per heavy atom. The van der Waals surface area contributed by atoms with Crippen LogP contribution in [-0.4, -0.2) is 7.05 Å². The fourth-order valence-electron chi connectivity index (χ4n) is 2.78. The normalized spacial score (nSPS) is 14.2. The topological polar surface area (TPSA) is 25.2 Å². The summed E-state index contributed by atoms with van der Waals surface area (Å²) in [6, 6.07) is 16.9. The highest BCUT2D eigenvalue weighted by atomic mass is 19.1. The number of likely N-dealkylation sites (N-methyl/N-ethyl adjacent to an activating group) is 1. The van der Waals surface area contributed by atoms with Gasteiger partial charge in [-0.1, -0.05) is 37.3 Å². The molecule has 0 aliphatic rings. The van der Waals surface area contributed by atoms with E-state index in [1.165, 1.54) is 17.7 Å². The van der Waals surface area contributed by atoms with Crippen LogP contribution >= 0.6 is 0 Å². The van der Waals surface area contributed by atoms with Crippen LogP contribution in [0.4, 0.5) is 4.39 Å². The number of fused-ring (bicyclic) bond motifs is 1. The molecule has 0 bridgehead atoms. The molecule has 2 aromatic carbocycles. The van der Waals surface area contributed by atoms with E-state index in [1.54, 1.807) is 6.07 Å². The molecule has 2 atom stereocenters. The summed E-state index contributed by atoms with van der Waals surface area (Å²) >= 11 is 0. The molecule has 3 heteroatoms. The maximum atomic E-state index is 13.3. The Labute approximate surface area is 123 Å². The zero-order valence-electron chi connectivity index (χ0n) is 12.1. The SMILES string of the molecule is CNC(c1cc2cc(F)ccc2o1)C(C)c1ccccc1. The molecule has 0 fully saturated rings. The predicted octanol–water partition coefficient (Wildman–Crippen LogP) is 4.64. The van der Waals surface area contributed by atoms with Gasteiger partial charge < -0.3 is 9.73 Å². The average Bonchev–Trinajstić information content (AvgIpc) is 2.91. The van der Waals surface area contributed by atoms with Crippen LogP contribution in [0.2, 0.25) is 0 Å². The highest BCUT2D eigenvalue weighted by molar-refractivity contribution is 5.78. The second kappa shape index (κ2) is 5.70. The Morgan fingerprint density at radius 3 is 2.52 bits per heavy atom. The molecule has 0 radical (unpaired) electrons. The van der Waals surface area contributed by atoms with Crippen molar-refractivity contribution in [2.24, 2.45) is 0 Å². The van der Waals surface area contributed by atoms with Crippen LogP contribution < -0.4 is 5.32 Å². The van der Waals surface area contributed by atoms with E-state index in [-0.39, 0.29) is 17.8 Å². The minimum Gasteiger partial charge on any atom is -0.459 e. The van der Waals surface area contributed by atoms with Gasteiger partial charge in [-0.05, 0) is 36.9 Å². The zero-order valence-corrected chi connectivity index (χ0v) is 12.1. The number of rotatable bonds is 4. The first-order valence-corrected chi connectivity index (χ1v) is 7.10. The lowest BCUT2D eigenvalue weighted by molar-refractivity contribution is 0.410. The molecular weight excluding hydrogens is 265 g/mol. The monoisotopic (exact) mass is 283 g/mol. The number of hydrogen-bond acceptors (Lipinski definition) is 2. The smallest absolute Gasteiger partial charge is 0.134 e. The second-order valence-corrected chi connectivity index (χ2v) is 5.30. The molecule has 0 amide bonds. The van der Waals surface area contributed by atoms with Crippen LogP contribution in [0.3, 0.4) is 0 Å². The Morgan fingerprint density at radius 1 is 1.05 bits per heavy atom. The van der Waals surface area contributed by atoms with Crippen LogP contribution in [0, 0.1) is 5.82 Å². The van der Waals surface area contributed by atoms with E-state index in [2.05, 4.69) is 24.4 Å². The van der Waals surface area contributed by atoms with Gasteiger partial charge >= 0.3 is 0 Å². The summed E-state index contributed by atoms with van der Waals surface area (Å²) in [7, 11) is 1.91. The zero-order chi connectivity index (χ0) is 14.8. The highest BCUT2D eigenvalue weighted by Crippen LogP contribution is 2.33. The lowest BCUT2D eigenvalue weighted by Crippen LogP contribution is -2.21. The van der Waals surface area contributed by atoms with Crippen LogP contribution in [0.5, 0.6) is 0 Å². The Balaban J connectivity index is 1.98. The fourth-order valence-corrected chi connectivity index (χ4v) is 2.78. The van der Waals surface area contributed by atoms with Crippen LogP contribution in [0.25, 0.3) is 11.0 Å². The number of hydrogen-bond donors (Lipinski definition) is 1. The molecule has 3 rings (SSSR count). The molecule has 1 aromatic heterocycles. The van der Waals surface area contributed by atoms with Crippen molar-refractivity contribution in [3.8, 4) is 0 Å². The third kappa shape index (κ3) is 2.69. The predicted molar refractivity (Wildman–Crippen MR) is 82.8 cm³/mol. The molecule has 0 spiro atoms. The highest BCUT2D eigenvalue weighted by Gasteiger charge is 2.22. The number of benzene rings is 2. The number of nitrogens with one attached hydrogen (secondary N) is 1. The van der Waals surface area contributed by atoms with E-state index in [9.17, 15) is 4.39 Å². The molecule has 2 nitrogen and oxygen atoms in total. The van der Waals surface area contributed by atoms with Gasteiger partial charge in [-0.3, -0.25) is 0 Å². The summed E-state index contributed by atoms with van der Waals surface area (Å²) < 4.78 is 19.2. The van der Waals surface area contributed by atoms with Gasteiger partial charge in [0.05, 0.1) is 6.04 Å². The Bertz CT molecular complexity index is 735. The van der Waals surface area contributed by atoms with Crippen molar-refractivity contribution in [1.82, 2.24) is 5.32 Å². The molecule has 0 aliphatic heterocycles. The van der Waals surface area contributed by atoms with E-state index < -0.39 is 0 Å². The second-order valence-electron chi connectivity index (χ2n) is 5.30. The van der Waals surface area contributed by atoms with Gasteiger partial charge in [0.25, 0.3) is 0 Å². The minimum absolute atomic E-state index is 0.0443. The van der Waals surface area contributed by atoms with Gasteiger partial charge in [0.2, 0.25) is 0 Å². The van der Waals surface area contributed by atoms with E-state index in [4.69, 9.17) is 4.42 Å². The van der Waals surface area contributed by atoms with E-state index in [1.807, 2.05) is 31.3 Å². The third-order valence-electron chi connectivity index (χ3n) is 3.94. The van der Waals surface area contributed by atoms with E-state index in [0.29, 0.717) is 5.58 Å². The summed E-state index contributed by atoms with van der Waals surface area (Å²) in [5.41, 5.74) is 1.95. The molecular formula is C18H18FNO. The molecule has 3 aromatic rings. The molecule has 21 heavy (non-hydrogen) atoms. The van der Waals surface area contributed by atoms with Gasteiger partial charge in [-0.25, -0.2) is 4.39 Å². The minimum atomic E-state index is -0.244. The van der Waals surface area contributed by atoms with E-state index >= 15 is 0 Å². The molecule has 2 unspecified atom stereocenters. The van der Waals surface area contributed by atoms with Crippen molar-refractivity contribution >= 4 is 11.0 Å². The van der Waals surface area contributed by atoms with Crippen molar-refractivity contribution in [1.29, 1.82) is 0 Å². The largest absolute Gasteiger partial charge is 0.459 e. The van der Waals surface area contributed by atoms with Crippen LogP contribution in [0.1, 0.15) is 30.2 Å². The molecule has 1 heterocycles. The number of furan rings is 1. The first kappa shape index (κ1) is 13.8. The first-order chi connectivity index (χ1) is 10.2. The standard InChI is InChI=1S/C18H18FNO/c1-12(13-6-4-3-5-7-13)18(20-2)17-11-14-10-15(19)8-9-16(14)21-17/h3-12,18,20H,1-2H3. The molecule has 108 valence electrons. The van der Waals surface area contributed by atoms with E-state index in [0.717, 1.165) is 11.1 Å². The molecule has 0 saturated carbocycles. The summed E-state index contributed by atoms with van der Waals surface area (Å²) in [4.78, 5) is 0. The average molecular weight is 283 g/mol. The van der Waals surface area contributed by atoms with Gasteiger partial charge in [-0.2, -0.15) is 0 Å². The maximum Gasteiger partial charge on any atom is 0.134 e. The van der Waals surface area contributed by atoms with Crippen molar-refractivity contribution in [3.63, 3.8) is 0 Å². The quantitative estimate of drug-likeness (QED) is 0.754. The molecule has 1 N–H and O–H groups in total. The van der Waals surface area contributed by atoms with Crippen molar-refractivity contribution in [2.45, 2.75) is 18.9 Å². The van der Waals surface area contributed by atoms with Crippen LogP contribution in [-0.2, 0) is 0 Å². The summed E-state index contributed by atoms with van der Waals surface area (Å²) in [5.74, 6) is 0.836. The number of halogens is 1. The first-order valence-electron chi connectivity index (χ1n) is 7.10.